The van der Waals surface area contributed by atoms with E-state index in [4.69, 9.17) is 0 Å². The van der Waals surface area contributed by atoms with Crippen molar-refractivity contribution in [2.45, 2.75) is 31.9 Å². The maximum atomic E-state index is 10.5. The molecule has 1 aliphatic heterocycles. The molecule has 1 aliphatic rings. The number of nitrogens with zero attached hydrogens (tertiary/aromatic N) is 3. The molecule has 1 saturated heterocycles. The molecule has 1 atom stereocenters. The van der Waals surface area contributed by atoms with Crippen molar-refractivity contribution in [3.05, 3.63) is 18.0 Å². The standard InChI is InChI=1S/C11H19N3O/c1-3-7-14-10(4-6-12-14)11(15)5-8-13(2)9-11/h4,6,15H,3,5,7-9H2,1-2H3. The molecule has 0 aromatic carbocycles. The van der Waals surface area contributed by atoms with Gasteiger partial charge < -0.3 is 10.0 Å². The van der Waals surface area contributed by atoms with E-state index in [-0.39, 0.29) is 0 Å². The minimum atomic E-state index is -0.694. The van der Waals surface area contributed by atoms with E-state index < -0.39 is 5.60 Å². The summed E-state index contributed by atoms with van der Waals surface area (Å²) in [6.45, 7) is 4.67. The van der Waals surface area contributed by atoms with Crippen molar-refractivity contribution in [2.75, 3.05) is 20.1 Å². The van der Waals surface area contributed by atoms with Gasteiger partial charge in [0.2, 0.25) is 0 Å². The fourth-order valence-corrected chi connectivity index (χ4v) is 2.31. The van der Waals surface area contributed by atoms with Gasteiger partial charge in [-0.1, -0.05) is 6.92 Å². The zero-order valence-corrected chi connectivity index (χ0v) is 9.48. The van der Waals surface area contributed by atoms with E-state index >= 15 is 0 Å². The highest BCUT2D eigenvalue weighted by molar-refractivity contribution is 5.15. The van der Waals surface area contributed by atoms with Crippen LogP contribution in [0.4, 0.5) is 0 Å². The van der Waals surface area contributed by atoms with Gasteiger partial charge in [0.15, 0.2) is 0 Å². The third-order valence-corrected chi connectivity index (χ3v) is 3.07. The lowest BCUT2D eigenvalue weighted by Crippen LogP contribution is -2.32. The van der Waals surface area contributed by atoms with Crippen molar-refractivity contribution >= 4 is 0 Å². The summed E-state index contributed by atoms with van der Waals surface area (Å²) < 4.78 is 1.93. The Labute approximate surface area is 90.5 Å². The number of hydrogen-bond donors (Lipinski definition) is 1. The molecule has 1 fully saturated rings. The van der Waals surface area contributed by atoms with Gasteiger partial charge in [-0.15, -0.1) is 0 Å². The monoisotopic (exact) mass is 209 g/mol. The Balaban J connectivity index is 2.24. The highest BCUT2D eigenvalue weighted by Gasteiger charge is 2.38. The second-order valence-electron chi connectivity index (χ2n) is 4.46. The molecule has 1 unspecified atom stereocenters. The molecule has 0 saturated carbocycles. The summed E-state index contributed by atoms with van der Waals surface area (Å²) in [7, 11) is 2.04. The van der Waals surface area contributed by atoms with E-state index in [1.807, 2.05) is 17.8 Å². The van der Waals surface area contributed by atoms with E-state index in [1.54, 1.807) is 6.20 Å². The molecular formula is C11H19N3O. The van der Waals surface area contributed by atoms with E-state index in [1.165, 1.54) is 0 Å². The molecule has 84 valence electrons. The maximum Gasteiger partial charge on any atom is 0.120 e. The van der Waals surface area contributed by atoms with Gasteiger partial charge in [0.25, 0.3) is 0 Å². The predicted molar refractivity (Wildman–Crippen MR) is 58.5 cm³/mol. The average molecular weight is 209 g/mol. The molecule has 2 heterocycles. The molecule has 4 nitrogen and oxygen atoms in total. The van der Waals surface area contributed by atoms with Crippen LogP contribution in [0, 0.1) is 0 Å². The van der Waals surface area contributed by atoms with Gasteiger partial charge in [0.05, 0.1) is 5.69 Å². The van der Waals surface area contributed by atoms with Crippen LogP contribution in [0.25, 0.3) is 0 Å². The van der Waals surface area contributed by atoms with Crippen molar-refractivity contribution in [1.29, 1.82) is 0 Å². The van der Waals surface area contributed by atoms with Gasteiger partial charge in [0, 0.05) is 25.8 Å². The van der Waals surface area contributed by atoms with Gasteiger partial charge in [-0.2, -0.15) is 5.10 Å². The molecule has 1 aromatic heterocycles. The first-order chi connectivity index (χ1) is 7.15. The molecule has 0 radical (unpaired) electrons. The third-order valence-electron chi connectivity index (χ3n) is 3.07. The number of likely N-dealkylation sites (tertiary alicyclic amines) is 1. The van der Waals surface area contributed by atoms with Gasteiger partial charge >= 0.3 is 0 Å². The number of likely N-dealkylation sites (N-methyl/N-ethyl adjacent to an activating group) is 1. The van der Waals surface area contributed by atoms with Gasteiger partial charge in [-0.25, -0.2) is 0 Å². The Kier molecular flexibility index (Phi) is 2.80. The quantitative estimate of drug-likeness (QED) is 0.801. The molecule has 0 aliphatic carbocycles. The third kappa shape index (κ3) is 1.92. The molecule has 1 aromatic rings. The summed E-state index contributed by atoms with van der Waals surface area (Å²) >= 11 is 0. The SMILES string of the molecule is CCCn1nccc1C1(O)CCN(C)C1. The van der Waals surface area contributed by atoms with Crippen molar-refractivity contribution in [2.24, 2.45) is 0 Å². The first-order valence-corrected chi connectivity index (χ1v) is 5.59. The Morgan fingerprint density at radius 3 is 3.00 bits per heavy atom. The van der Waals surface area contributed by atoms with Gasteiger partial charge in [0.1, 0.15) is 5.60 Å². The minimum Gasteiger partial charge on any atom is -0.382 e. The molecule has 1 N–H and O–H groups in total. The molecule has 2 rings (SSSR count). The topological polar surface area (TPSA) is 41.3 Å². The molecule has 0 bridgehead atoms. The molecule has 4 heteroatoms. The molecular weight excluding hydrogens is 190 g/mol. The van der Waals surface area contributed by atoms with Crippen molar-refractivity contribution in [1.82, 2.24) is 14.7 Å². The van der Waals surface area contributed by atoms with E-state index in [0.717, 1.165) is 31.6 Å². The zero-order valence-electron chi connectivity index (χ0n) is 9.48. The lowest BCUT2D eigenvalue weighted by molar-refractivity contribution is 0.0394. The summed E-state index contributed by atoms with van der Waals surface area (Å²) in [6.07, 6.45) is 3.63. The Bertz CT molecular complexity index is 336. The predicted octanol–water partition coefficient (Wildman–Crippen LogP) is 0.816. The average Bonchev–Trinajstić information content (AvgIpc) is 2.75. The van der Waals surface area contributed by atoms with Crippen LogP contribution in [0.3, 0.4) is 0 Å². The van der Waals surface area contributed by atoms with Gasteiger partial charge in [-0.3, -0.25) is 4.68 Å². The number of aryl methyl sites for hydroxylation is 1. The van der Waals surface area contributed by atoms with Gasteiger partial charge in [-0.05, 0) is 26.0 Å². The Morgan fingerprint density at radius 1 is 1.60 bits per heavy atom. The van der Waals surface area contributed by atoms with E-state index in [0.29, 0.717) is 6.54 Å². The van der Waals surface area contributed by atoms with Crippen LogP contribution in [0.5, 0.6) is 0 Å². The lowest BCUT2D eigenvalue weighted by Gasteiger charge is -2.23. The second-order valence-corrected chi connectivity index (χ2v) is 4.46. The Morgan fingerprint density at radius 2 is 2.40 bits per heavy atom. The fourth-order valence-electron chi connectivity index (χ4n) is 2.31. The van der Waals surface area contributed by atoms with Crippen LogP contribution in [0.1, 0.15) is 25.5 Å². The van der Waals surface area contributed by atoms with Crippen LogP contribution in [-0.2, 0) is 12.1 Å². The summed E-state index contributed by atoms with van der Waals surface area (Å²) in [5, 5.41) is 14.8. The van der Waals surface area contributed by atoms with Crippen molar-refractivity contribution in [3.63, 3.8) is 0 Å². The van der Waals surface area contributed by atoms with Crippen LogP contribution < -0.4 is 0 Å². The van der Waals surface area contributed by atoms with Crippen molar-refractivity contribution in [3.8, 4) is 0 Å². The fraction of sp³-hybridized carbons (Fsp3) is 0.727. The molecule has 0 amide bonds. The number of aliphatic hydroxyl groups is 1. The van der Waals surface area contributed by atoms with E-state index in [9.17, 15) is 5.11 Å². The largest absolute Gasteiger partial charge is 0.382 e. The molecule has 0 spiro atoms. The minimum absolute atomic E-state index is 0.694. The first-order valence-electron chi connectivity index (χ1n) is 5.59. The lowest BCUT2D eigenvalue weighted by atomic mass is 9.99. The normalized spacial score (nSPS) is 27.4. The number of aromatic nitrogens is 2. The smallest absolute Gasteiger partial charge is 0.120 e. The zero-order chi connectivity index (χ0) is 10.9. The van der Waals surface area contributed by atoms with E-state index in [2.05, 4.69) is 16.9 Å². The number of β-amino-alcohol motifs (C(OH)–C–C–N with tert-alkyl or cyclic N) is 1. The van der Waals surface area contributed by atoms with Crippen LogP contribution >= 0.6 is 0 Å². The molecule has 15 heavy (non-hydrogen) atoms. The van der Waals surface area contributed by atoms with Crippen molar-refractivity contribution < 1.29 is 5.11 Å². The van der Waals surface area contributed by atoms with Crippen LogP contribution in [-0.4, -0.2) is 39.9 Å². The summed E-state index contributed by atoms with van der Waals surface area (Å²) in [5.41, 5.74) is 0.272. The maximum absolute atomic E-state index is 10.5. The second kappa shape index (κ2) is 3.94. The summed E-state index contributed by atoms with van der Waals surface area (Å²) in [6, 6.07) is 1.94. The number of hydrogen-bond acceptors (Lipinski definition) is 3. The highest BCUT2D eigenvalue weighted by Crippen LogP contribution is 2.30. The summed E-state index contributed by atoms with van der Waals surface area (Å²) in [4.78, 5) is 2.16. The highest BCUT2D eigenvalue weighted by atomic mass is 16.3. The summed E-state index contributed by atoms with van der Waals surface area (Å²) in [5.74, 6) is 0. The van der Waals surface area contributed by atoms with Crippen LogP contribution in [0.15, 0.2) is 12.3 Å². The van der Waals surface area contributed by atoms with Crippen LogP contribution in [0.2, 0.25) is 0 Å². The Hall–Kier alpha value is -0.870. The first kappa shape index (κ1) is 10.6. The number of rotatable bonds is 3.